The minimum atomic E-state index is -4.36. The number of fused-ring (bicyclic) bond motifs is 1. The molecule has 0 unspecified atom stereocenters. The smallest absolute Gasteiger partial charge is 0.243 e. The molecule has 9 heteroatoms. The first-order valence-electron chi connectivity index (χ1n) is 8.17. The maximum absolute atomic E-state index is 13.7. The first-order chi connectivity index (χ1) is 12.6. The molecule has 0 spiro atoms. The third-order valence-electron chi connectivity index (χ3n) is 4.00. The fourth-order valence-corrected chi connectivity index (χ4v) is 3.91. The average Bonchev–Trinajstić information content (AvgIpc) is 2.91. The van der Waals surface area contributed by atoms with Gasteiger partial charge in [0.05, 0.1) is 0 Å². The van der Waals surface area contributed by atoms with E-state index < -0.39 is 32.4 Å². The molecule has 0 radical (unpaired) electrons. The summed E-state index contributed by atoms with van der Waals surface area (Å²) in [6.07, 6.45) is 0.724. The SMILES string of the molecule is CC1(C)Cc2cccc(OCCNS(=O)(=O)c3ccc(F)c(F)c3F)c2O1. The number of hydrogen-bond donors (Lipinski definition) is 1. The van der Waals surface area contributed by atoms with E-state index in [2.05, 4.69) is 4.72 Å². The number of halogens is 3. The van der Waals surface area contributed by atoms with E-state index in [9.17, 15) is 21.6 Å². The summed E-state index contributed by atoms with van der Waals surface area (Å²) >= 11 is 0. The highest BCUT2D eigenvalue weighted by Gasteiger charge is 2.32. The zero-order valence-corrected chi connectivity index (χ0v) is 15.5. The highest BCUT2D eigenvalue weighted by atomic mass is 32.2. The molecule has 146 valence electrons. The van der Waals surface area contributed by atoms with Crippen LogP contribution >= 0.6 is 0 Å². The molecule has 0 fully saturated rings. The van der Waals surface area contributed by atoms with Gasteiger partial charge in [-0.3, -0.25) is 0 Å². The number of rotatable bonds is 6. The Labute approximate surface area is 155 Å². The number of nitrogens with one attached hydrogen (secondary N) is 1. The second-order valence-corrected chi connectivity index (χ2v) is 8.44. The summed E-state index contributed by atoms with van der Waals surface area (Å²) in [6, 6.07) is 6.64. The molecule has 0 atom stereocenters. The maximum Gasteiger partial charge on any atom is 0.243 e. The van der Waals surface area contributed by atoms with E-state index in [1.165, 1.54) is 0 Å². The number of sulfonamides is 1. The van der Waals surface area contributed by atoms with E-state index in [1.54, 1.807) is 12.1 Å². The number of ether oxygens (including phenoxy) is 2. The third kappa shape index (κ3) is 4.03. The summed E-state index contributed by atoms with van der Waals surface area (Å²) in [5.74, 6) is -3.99. The summed E-state index contributed by atoms with van der Waals surface area (Å²) in [7, 11) is -4.36. The normalized spacial score (nSPS) is 15.3. The van der Waals surface area contributed by atoms with E-state index in [4.69, 9.17) is 9.47 Å². The van der Waals surface area contributed by atoms with Crippen molar-refractivity contribution in [2.75, 3.05) is 13.2 Å². The minimum Gasteiger partial charge on any atom is -0.488 e. The number of para-hydroxylation sites is 1. The molecule has 0 bridgehead atoms. The van der Waals surface area contributed by atoms with Gasteiger partial charge in [-0.2, -0.15) is 0 Å². The van der Waals surface area contributed by atoms with Gasteiger partial charge < -0.3 is 9.47 Å². The lowest BCUT2D eigenvalue weighted by molar-refractivity contribution is 0.132. The van der Waals surface area contributed by atoms with Crippen LogP contribution in [0.1, 0.15) is 19.4 Å². The van der Waals surface area contributed by atoms with E-state index in [1.807, 2.05) is 19.9 Å². The van der Waals surface area contributed by atoms with Crippen molar-refractivity contribution >= 4 is 10.0 Å². The second-order valence-electron chi connectivity index (χ2n) is 6.70. The summed E-state index contributed by atoms with van der Waals surface area (Å²) in [5.41, 5.74) is 0.634. The molecule has 5 nitrogen and oxygen atoms in total. The molecule has 2 aromatic rings. The Morgan fingerprint density at radius 2 is 1.89 bits per heavy atom. The van der Waals surface area contributed by atoms with Crippen LogP contribution in [0.5, 0.6) is 11.5 Å². The van der Waals surface area contributed by atoms with Gasteiger partial charge in [0.1, 0.15) is 17.1 Å². The van der Waals surface area contributed by atoms with Crippen molar-refractivity contribution in [3.8, 4) is 11.5 Å². The summed E-state index contributed by atoms with van der Waals surface area (Å²) in [5, 5.41) is 0. The van der Waals surface area contributed by atoms with Crippen molar-refractivity contribution in [2.24, 2.45) is 0 Å². The average molecular weight is 401 g/mol. The van der Waals surface area contributed by atoms with Crippen molar-refractivity contribution in [2.45, 2.75) is 30.8 Å². The summed E-state index contributed by atoms with van der Waals surface area (Å²) in [6.45, 7) is 3.63. The van der Waals surface area contributed by atoms with Gasteiger partial charge in [-0.1, -0.05) is 12.1 Å². The standard InChI is InChI=1S/C18H18F3NO4S/c1-18(2)10-11-4-3-5-13(17(11)26-18)25-9-8-22-27(23,24)14-7-6-12(19)15(20)16(14)21/h3-7,22H,8-10H2,1-2H3. The molecule has 2 aromatic carbocycles. The van der Waals surface area contributed by atoms with Crippen LogP contribution in [0.2, 0.25) is 0 Å². The van der Waals surface area contributed by atoms with Crippen molar-refractivity contribution < 1.29 is 31.1 Å². The topological polar surface area (TPSA) is 64.6 Å². The third-order valence-corrected chi connectivity index (χ3v) is 5.47. The Kier molecular flexibility index (Phi) is 5.09. The molecular formula is C18H18F3NO4S. The molecule has 1 heterocycles. The lowest BCUT2D eigenvalue weighted by Crippen LogP contribution is -2.29. The molecule has 0 aliphatic carbocycles. The van der Waals surface area contributed by atoms with E-state index in [0.717, 1.165) is 12.0 Å². The van der Waals surface area contributed by atoms with Crippen molar-refractivity contribution in [3.63, 3.8) is 0 Å². The summed E-state index contributed by atoms with van der Waals surface area (Å²) in [4.78, 5) is -0.966. The van der Waals surface area contributed by atoms with Crippen LogP contribution in [0, 0.1) is 17.5 Å². The fourth-order valence-electron chi connectivity index (χ4n) is 2.83. The van der Waals surface area contributed by atoms with Crippen molar-refractivity contribution in [1.29, 1.82) is 0 Å². The van der Waals surface area contributed by atoms with E-state index in [0.29, 0.717) is 23.6 Å². The van der Waals surface area contributed by atoms with Crippen molar-refractivity contribution in [3.05, 3.63) is 53.3 Å². The highest BCUT2D eigenvalue weighted by molar-refractivity contribution is 7.89. The van der Waals surface area contributed by atoms with Gasteiger partial charge in [-0.05, 0) is 32.0 Å². The molecule has 0 saturated heterocycles. The molecule has 1 aliphatic heterocycles. The Morgan fingerprint density at radius 3 is 2.63 bits per heavy atom. The van der Waals surface area contributed by atoms with Gasteiger partial charge in [0.15, 0.2) is 29.0 Å². The van der Waals surface area contributed by atoms with Crippen molar-refractivity contribution in [1.82, 2.24) is 4.72 Å². The molecule has 0 saturated carbocycles. The summed E-state index contributed by atoms with van der Waals surface area (Å²) < 4.78 is 77.5. The van der Waals surface area contributed by atoms with Gasteiger partial charge in [0.25, 0.3) is 0 Å². The highest BCUT2D eigenvalue weighted by Crippen LogP contribution is 2.41. The van der Waals surface area contributed by atoms with Gasteiger partial charge in [-0.25, -0.2) is 26.3 Å². The Morgan fingerprint density at radius 1 is 1.15 bits per heavy atom. The zero-order chi connectivity index (χ0) is 19.8. The predicted octanol–water partition coefficient (Wildman–Crippen LogP) is 3.17. The number of hydrogen-bond acceptors (Lipinski definition) is 4. The predicted molar refractivity (Wildman–Crippen MR) is 91.9 cm³/mol. The molecule has 0 aromatic heterocycles. The second kappa shape index (κ2) is 7.05. The van der Waals surface area contributed by atoms with E-state index >= 15 is 0 Å². The van der Waals surface area contributed by atoms with Crippen LogP contribution in [0.15, 0.2) is 35.2 Å². The number of benzene rings is 2. The molecule has 0 amide bonds. The quantitative estimate of drug-likeness (QED) is 0.597. The first-order valence-corrected chi connectivity index (χ1v) is 9.66. The Hall–Kier alpha value is -2.26. The largest absolute Gasteiger partial charge is 0.488 e. The first kappa shape index (κ1) is 19.5. The zero-order valence-electron chi connectivity index (χ0n) is 14.7. The molecule has 1 N–H and O–H groups in total. The van der Waals surface area contributed by atoms with Gasteiger partial charge in [0.2, 0.25) is 10.0 Å². The van der Waals surface area contributed by atoms with Gasteiger partial charge in [0, 0.05) is 18.5 Å². The van der Waals surface area contributed by atoms with Crippen LogP contribution in [0.3, 0.4) is 0 Å². The van der Waals surface area contributed by atoms with Gasteiger partial charge in [-0.15, -0.1) is 0 Å². The van der Waals surface area contributed by atoms with E-state index in [-0.39, 0.29) is 18.8 Å². The van der Waals surface area contributed by atoms with Gasteiger partial charge >= 0.3 is 0 Å². The van der Waals surface area contributed by atoms with Crippen LogP contribution in [-0.2, 0) is 16.4 Å². The minimum absolute atomic E-state index is 0.0647. The van der Waals surface area contributed by atoms with Crippen LogP contribution in [-0.4, -0.2) is 27.2 Å². The molecular weight excluding hydrogens is 383 g/mol. The molecule has 27 heavy (non-hydrogen) atoms. The van der Waals surface area contributed by atoms with Crippen LogP contribution in [0.25, 0.3) is 0 Å². The molecule has 3 rings (SSSR count). The fraction of sp³-hybridized carbons (Fsp3) is 0.333. The lowest BCUT2D eigenvalue weighted by atomic mass is 10.0. The maximum atomic E-state index is 13.7. The molecule has 1 aliphatic rings. The lowest BCUT2D eigenvalue weighted by Gasteiger charge is -2.18. The Balaban J connectivity index is 1.63. The van der Waals surface area contributed by atoms with Crippen LogP contribution in [0.4, 0.5) is 13.2 Å². The Bertz CT molecular complexity index is 977. The van der Waals surface area contributed by atoms with Crippen LogP contribution < -0.4 is 14.2 Å². The monoisotopic (exact) mass is 401 g/mol.